The third-order valence-corrected chi connectivity index (χ3v) is 2.11. The van der Waals surface area contributed by atoms with Gasteiger partial charge in [-0.15, -0.1) is 12.4 Å². The lowest BCUT2D eigenvalue weighted by Gasteiger charge is -2.21. The fourth-order valence-corrected chi connectivity index (χ4v) is 1.19. The van der Waals surface area contributed by atoms with Crippen LogP contribution >= 0.6 is 12.4 Å². The molecule has 0 aromatic heterocycles. The molecule has 0 aliphatic heterocycles. The molecule has 1 atom stereocenters. The van der Waals surface area contributed by atoms with Gasteiger partial charge in [-0.3, -0.25) is 0 Å². The smallest absolute Gasteiger partial charge is 0.328 e. The summed E-state index contributed by atoms with van der Waals surface area (Å²) in [6.07, 6.45) is 0. The predicted octanol–water partition coefficient (Wildman–Crippen LogP) is 1.38. The number of para-hydroxylation sites is 1. The van der Waals surface area contributed by atoms with Crippen LogP contribution in [-0.2, 0) is 10.3 Å². The zero-order valence-corrected chi connectivity index (χ0v) is 9.38. The molecule has 0 saturated carbocycles. The summed E-state index contributed by atoms with van der Waals surface area (Å²) in [6, 6.07) is 6.82. The summed E-state index contributed by atoms with van der Waals surface area (Å²) >= 11 is 0. The summed E-state index contributed by atoms with van der Waals surface area (Å²) in [7, 11) is 1.48. The second kappa shape index (κ2) is 5.00. The fraction of sp³-hybridized carbons (Fsp3) is 0.300. The Morgan fingerprint density at radius 3 is 2.47 bits per heavy atom. The Kier molecular flexibility index (Phi) is 4.58. The number of hydrogen-bond acceptors (Lipinski definition) is 3. The average Bonchev–Trinajstić information content (AvgIpc) is 2.17. The summed E-state index contributed by atoms with van der Waals surface area (Å²) in [5, 5.41) is 8.93. The average molecular weight is 232 g/mol. The molecule has 1 unspecified atom stereocenters. The second-order valence-electron chi connectivity index (χ2n) is 3.21. The maximum atomic E-state index is 10.9. The first-order valence-electron chi connectivity index (χ1n) is 4.16. The Balaban J connectivity index is 0.00000196. The van der Waals surface area contributed by atoms with E-state index >= 15 is 0 Å². The van der Waals surface area contributed by atoms with Crippen LogP contribution in [0.2, 0.25) is 0 Å². The molecule has 0 amide bonds. The van der Waals surface area contributed by atoms with Gasteiger partial charge in [0.2, 0.25) is 0 Å². The number of halogens is 1. The minimum Gasteiger partial charge on any atom is -0.496 e. The van der Waals surface area contributed by atoms with Crippen molar-refractivity contribution < 1.29 is 14.6 Å². The van der Waals surface area contributed by atoms with Crippen LogP contribution in [0.25, 0.3) is 0 Å². The van der Waals surface area contributed by atoms with Crippen molar-refractivity contribution in [3.8, 4) is 5.75 Å². The van der Waals surface area contributed by atoms with E-state index in [9.17, 15) is 4.79 Å². The number of carbonyl (C=O) groups is 1. The number of rotatable bonds is 3. The fourth-order valence-electron chi connectivity index (χ4n) is 1.19. The van der Waals surface area contributed by atoms with Crippen molar-refractivity contribution in [2.45, 2.75) is 12.5 Å². The van der Waals surface area contributed by atoms with E-state index in [0.29, 0.717) is 11.3 Å². The van der Waals surface area contributed by atoms with Gasteiger partial charge in [-0.1, -0.05) is 18.2 Å². The van der Waals surface area contributed by atoms with E-state index in [2.05, 4.69) is 0 Å². The van der Waals surface area contributed by atoms with Gasteiger partial charge in [0.05, 0.1) is 7.11 Å². The highest BCUT2D eigenvalue weighted by atomic mass is 35.5. The van der Waals surface area contributed by atoms with Gasteiger partial charge in [0.25, 0.3) is 0 Å². The molecule has 1 aromatic carbocycles. The van der Waals surface area contributed by atoms with Crippen LogP contribution in [0.4, 0.5) is 0 Å². The van der Waals surface area contributed by atoms with Crippen molar-refractivity contribution in [3.63, 3.8) is 0 Å². The Morgan fingerprint density at radius 2 is 2.00 bits per heavy atom. The van der Waals surface area contributed by atoms with E-state index in [1.165, 1.54) is 14.0 Å². The molecule has 1 aromatic rings. The van der Waals surface area contributed by atoms with Crippen LogP contribution < -0.4 is 10.5 Å². The molecule has 0 spiro atoms. The first kappa shape index (κ1) is 13.7. The van der Waals surface area contributed by atoms with Crippen molar-refractivity contribution in [2.75, 3.05) is 7.11 Å². The predicted molar refractivity (Wildman–Crippen MR) is 59.4 cm³/mol. The molecule has 0 aliphatic rings. The van der Waals surface area contributed by atoms with Crippen LogP contribution in [0, 0.1) is 0 Å². The molecule has 0 saturated heterocycles. The van der Waals surface area contributed by atoms with Gasteiger partial charge < -0.3 is 15.6 Å². The third kappa shape index (κ3) is 2.61. The normalized spacial score (nSPS) is 13.5. The van der Waals surface area contributed by atoms with E-state index in [0.717, 1.165) is 0 Å². The molecule has 5 heteroatoms. The molecular formula is C10H14ClNO3. The van der Waals surface area contributed by atoms with Crippen molar-refractivity contribution in [1.29, 1.82) is 0 Å². The van der Waals surface area contributed by atoms with Crippen LogP contribution in [0.15, 0.2) is 24.3 Å². The van der Waals surface area contributed by atoms with Gasteiger partial charge in [-0.05, 0) is 13.0 Å². The molecule has 0 bridgehead atoms. The number of methoxy groups -OCH3 is 1. The monoisotopic (exact) mass is 231 g/mol. The van der Waals surface area contributed by atoms with Gasteiger partial charge in [-0.2, -0.15) is 0 Å². The highest BCUT2D eigenvalue weighted by Gasteiger charge is 2.32. The highest BCUT2D eigenvalue weighted by molar-refractivity contribution is 5.85. The Morgan fingerprint density at radius 1 is 1.47 bits per heavy atom. The number of aliphatic carboxylic acids is 1. The minimum absolute atomic E-state index is 0. The second-order valence-corrected chi connectivity index (χ2v) is 3.21. The summed E-state index contributed by atoms with van der Waals surface area (Å²) in [5.41, 5.74) is 4.72. The Hall–Kier alpha value is -1.26. The molecule has 0 fully saturated rings. The molecule has 1 rings (SSSR count). The summed E-state index contributed by atoms with van der Waals surface area (Å²) in [6.45, 7) is 1.44. The quantitative estimate of drug-likeness (QED) is 0.824. The number of carboxylic acid groups (broad SMARTS) is 1. The van der Waals surface area contributed by atoms with Crippen LogP contribution in [0.3, 0.4) is 0 Å². The zero-order chi connectivity index (χ0) is 10.8. The number of hydrogen-bond donors (Lipinski definition) is 2. The lowest BCUT2D eigenvalue weighted by atomic mass is 9.92. The van der Waals surface area contributed by atoms with Gasteiger partial charge in [0.1, 0.15) is 11.3 Å². The van der Waals surface area contributed by atoms with E-state index in [4.69, 9.17) is 15.6 Å². The first-order valence-corrected chi connectivity index (χ1v) is 4.16. The maximum Gasteiger partial charge on any atom is 0.328 e. The number of benzene rings is 1. The molecule has 0 aliphatic carbocycles. The zero-order valence-electron chi connectivity index (χ0n) is 8.56. The standard InChI is InChI=1S/C10H13NO3.ClH/c1-10(11,9(12)13)7-5-3-4-6-8(7)14-2;/h3-6H,11H2,1-2H3,(H,12,13);1H. The largest absolute Gasteiger partial charge is 0.496 e. The lowest BCUT2D eigenvalue weighted by molar-refractivity contribution is -0.143. The summed E-state index contributed by atoms with van der Waals surface area (Å²) in [5.74, 6) is -0.595. The van der Waals surface area contributed by atoms with Gasteiger partial charge in [0, 0.05) is 5.56 Å². The first-order chi connectivity index (χ1) is 6.50. The third-order valence-electron chi connectivity index (χ3n) is 2.11. The SMILES string of the molecule is COc1ccccc1C(C)(N)C(=O)O.Cl. The van der Waals surface area contributed by atoms with Crippen molar-refractivity contribution in [1.82, 2.24) is 0 Å². The van der Waals surface area contributed by atoms with Crippen LogP contribution in [0.1, 0.15) is 12.5 Å². The highest BCUT2D eigenvalue weighted by Crippen LogP contribution is 2.27. The molecule has 3 N–H and O–H groups in total. The van der Waals surface area contributed by atoms with E-state index < -0.39 is 11.5 Å². The molecule has 0 radical (unpaired) electrons. The van der Waals surface area contributed by atoms with E-state index in [1.807, 2.05) is 0 Å². The van der Waals surface area contributed by atoms with Gasteiger partial charge in [-0.25, -0.2) is 4.79 Å². The van der Waals surface area contributed by atoms with Crippen LogP contribution in [0.5, 0.6) is 5.75 Å². The van der Waals surface area contributed by atoms with E-state index in [1.54, 1.807) is 24.3 Å². The van der Waals surface area contributed by atoms with Gasteiger partial charge in [0.15, 0.2) is 0 Å². The minimum atomic E-state index is -1.42. The van der Waals surface area contributed by atoms with Crippen molar-refractivity contribution in [2.24, 2.45) is 5.73 Å². The van der Waals surface area contributed by atoms with Crippen molar-refractivity contribution >= 4 is 18.4 Å². The summed E-state index contributed by atoms with van der Waals surface area (Å²) in [4.78, 5) is 10.9. The summed E-state index contributed by atoms with van der Waals surface area (Å²) < 4.78 is 5.04. The topological polar surface area (TPSA) is 72.5 Å². The Bertz CT molecular complexity index is 352. The number of nitrogens with two attached hydrogens (primary N) is 1. The molecule has 84 valence electrons. The van der Waals surface area contributed by atoms with Crippen molar-refractivity contribution in [3.05, 3.63) is 29.8 Å². The molecule has 4 nitrogen and oxygen atoms in total. The van der Waals surface area contributed by atoms with Gasteiger partial charge >= 0.3 is 5.97 Å². The van der Waals surface area contributed by atoms with Crippen LogP contribution in [-0.4, -0.2) is 18.2 Å². The Labute approximate surface area is 94.5 Å². The maximum absolute atomic E-state index is 10.9. The number of ether oxygens (including phenoxy) is 1. The molecule has 15 heavy (non-hydrogen) atoms. The lowest BCUT2D eigenvalue weighted by Crippen LogP contribution is -2.41. The molecule has 0 heterocycles. The van der Waals surface area contributed by atoms with E-state index in [-0.39, 0.29) is 12.4 Å². The number of carboxylic acids is 1. The molecular weight excluding hydrogens is 218 g/mol.